The van der Waals surface area contributed by atoms with Gasteiger partial charge in [0.15, 0.2) is 5.15 Å². The van der Waals surface area contributed by atoms with E-state index in [0.717, 1.165) is 22.2 Å². The molecular formula is C15H13ClN4. The first-order valence-corrected chi connectivity index (χ1v) is 6.60. The van der Waals surface area contributed by atoms with Gasteiger partial charge < -0.3 is 11.1 Å². The number of hydrogen-bond donors (Lipinski definition) is 2. The third-order valence-electron chi connectivity index (χ3n) is 3.10. The molecular weight excluding hydrogens is 272 g/mol. The van der Waals surface area contributed by atoms with Gasteiger partial charge in [-0.25, -0.2) is 4.98 Å². The monoisotopic (exact) mass is 284 g/mol. The van der Waals surface area contributed by atoms with Crippen LogP contribution in [0.1, 0.15) is 5.56 Å². The van der Waals surface area contributed by atoms with E-state index in [-0.39, 0.29) is 0 Å². The molecule has 0 spiro atoms. The smallest absolute Gasteiger partial charge is 0.154 e. The second-order valence-corrected chi connectivity index (χ2v) is 4.78. The van der Waals surface area contributed by atoms with Crippen molar-refractivity contribution in [3.05, 3.63) is 59.5 Å². The molecule has 0 fully saturated rings. The second kappa shape index (κ2) is 5.35. The topological polar surface area (TPSA) is 63.8 Å². The van der Waals surface area contributed by atoms with Crippen molar-refractivity contribution in [1.29, 1.82) is 0 Å². The van der Waals surface area contributed by atoms with Crippen molar-refractivity contribution in [2.24, 2.45) is 0 Å². The summed E-state index contributed by atoms with van der Waals surface area (Å²) in [6, 6.07) is 11.7. The van der Waals surface area contributed by atoms with Crippen molar-refractivity contribution in [3.8, 4) is 0 Å². The second-order valence-electron chi connectivity index (χ2n) is 4.42. The lowest BCUT2D eigenvalue weighted by molar-refractivity contribution is 1.13. The van der Waals surface area contributed by atoms with E-state index in [1.54, 1.807) is 12.4 Å². The molecule has 2 aromatic heterocycles. The van der Waals surface area contributed by atoms with E-state index in [9.17, 15) is 0 Å². The molecule has 0 amide bonds. The van der Waals surface area contributed by atoms with E-state index in [4.69, 9.17) is 17.3 Å². The molecule has 100 valence electrons. The van der Waals surface area contributed by atoms with E-state index in [2.05, 4.69) is 15.3 Å². The maximum atomic E-state index is 6.09. The van der Waals surface area contributed by atoms with Crippen molar-refractivity contribution in [1.82, 2.24) is 9.97 Å². The van der Waals surface area contributed by atoms with Gasteiger partial charge in [0.2, 0.25) is 0 Å². The number of anilines is 2. The number of nitrogens with two attached hydrogens (primary N) is 1. The number of pyridine rings is 2. The van der Waals surface area contributed by atoms with Gasteiger partial charge >= 0.3 is 0 Å². The Balaban J connectivity index is 2.00. The minimum absolute atomic E-state index is 0.320. The molecule has 0 atom stereocenters. The van der Waals surface area contributed by atoms with Crippen LogP contribution < -0.4 is 11.1 Å². The SMILES string of the molecule is Nc1c(Cl)nc2ccccc2c1NCc1ccncc1. The Morgan fingerprint density at radius 2 is 1.85 bits per heavy atom. The number of aromatic nitrogens is 2. The van der Waals surface area contributed by atoms with Crippen molar-refractivity contribution in [2.45, 2.75) is 6.54 Å². The van der Waals surface area contributed by atoms with E-state index in [0.29, 0.717) is 17.4 Å². The Hall–Kier alpha value is -2.33. The molecule has 0 aliphatic carbocycles. The summed E-state index contributed by atoms with van der Waals surface area (Å²) in [5.41, 5.74) is 9.28. The van der Waals surface area contributed by atoms with E-state index in [1.807, 2.05) is 36.4 Å². The highest BCUT2D eigenvalue weighted by Crippen LogP contribution is 2.33. The summed E-state index contributed by atoms with van der Waals surface area (Å²) >= 11 is 6.09. The lowest BCUT2D eigenvalue weighted by Gasteiger charge is -2.13. The fraction of sp³-hybridized carbons (Fsp3) is 0.0667. The first kappa shape index (κ1) is 12.7. The number of benzene rings is 1. The molecule has 0 aliphatic rings. The summed E-state index contributed by atoms with van der Waals surface area (Å²) in [5.74, 6) is 0. The van der Waals surface area contributed by atoms with Crippen LogP contribution in [0.3, 0.4) is 0 Å². The molecule has 0 saturated carbocycles. The Bertz CT molecular complexity index is 743. The zero-order valence-electron chi connectivity index (χ0n) is 10.7. The van der Waals surface area contributed by atoms with Crippen LogP contribution in [0.25, 0.3) is 10.9 Å². The fourth-order valence-electron chi connectivity index (χ4n) is 2.08. The molecule has 0 unspecified atom stereocenters. The maximum Gasteiger partial charge on any atom is 0.154 e. The zero-order chi connectivity index (χ0) is 13.9. The molecule has 3 N–H and O–H groups in total. The molecule has 0 aliphatic heterocycles. The summed E-state index contributed by atoms with van der Waals surface area (Å²) in [4.78, 5) is 8.28. The summed E-state index contributed by atoms with van der Waals surface area (Å²) in [5, 5.41) is 4.62. The molecule has 0 bridgehead atoms. The zero-order valence-corrected chi connectivity index (χ0v) is 11.4. The predicted molar refractivity (Wildman–Crippen MR) is 82.7 cm³/mol. The summed E-state index contributed by atoms with van der Waals surface area (Å²) in [7, 11) is 0. The van der Waals surface area contributed by atoms with Gasteiger partial charge in [-0.1, -0.05) is 29.8 Å². The predicted octanol–water partition coefficient (Wildman–Crippen LogP) is 3.48. The largest absolute Gasteiger partial charge is 0.395 e. The van der Waals surface area contributed by atoms with Crippen molar-refractivity contribution >= 4 is 33.9 Å². The van der Waals surface area contributed by atoms with Crippen molar-refractivity contribution in [3.63, 3.8) is 0 Å². The minimum atomic E-state index is 0.320. The van der Waals surface area contributed by atoms with Crippen molar-refractivity contribution in [2.75, 3.05) is 11.1 Å². The highest BCUT2D eigenvalue weighted by Gasteiger charge is 2.10. The fourth-order valence-corrected chi connectivity index (χ4v) is 2.26. The number of halogens is 1. The van der Waals surface area contributed by atoms with Crippen molar-refractivity contribution < 1.29 is 0 Å². The first-order chi connectivity index (χ1) is 9.75. The molecule has 4 nitrogen and oxygen atoms in total. The Labute approximate surface area is 121 Å². The van der Waals surface area contributed by atoms with Gasteiger partial charge in [-0.2, -0.15) is 0 Å². The number of rotatable bonds is 3. The van der Waals surface area contributed by atoms with Gasteiger partial charge in [0.1, 0.15) is 0 Å². The molecule has 3 rings (SSSR count). The number of hydrogen-bond acceptors (Lipinski definition) is 4. The number of fused-ring (bicyclic) bond motifs is 1. The molecule has 2 heterocycles. The number of nitrogens with one attached hydrogen (secondary N) is 1. The minimum Gasteiger partial charge on any atom is -0.395 e. The van der Waals surface area contributed by atoms with Crippen LogP contribution in [0.2, 0.25) is 5.15 Å². The third kappa shape index (κ3) is 2.38. The molecule has 5 heteroatoms. The average molecular weight is 285 g/mol. The normalized spacial score (nSPS) is 10.7. The number of para-hydroxylation sites is 1. The molecule has 0 saturated heterocycles. The van der Waals surface area contributed by atoms with E-state index >= 15 is 0 Å². The first-order valence-electron chi connectivity index (χ1n) is 6.22. The van der Waals surface area contributed by atoms with Gasteiger partial charge in [-0.05, 0) is 23.8 Å². The van der Waals surface area contributed by atoms with Crippen LogP contribution in [-0.4, -0.2) is 9.97 Å². The van der Waals surface area contributed by atoms with Gasteiger partial charge in [-0.15, -0.1) is 0 Å². The van der Waals surface area contributed by atoms with Gasteiger partial charge in [0, 0.05) is 24.3 Å². The van der Waals surface area contributed by atoms with E-state index < -0.39 is 0 Å². The number of nitrogen functional groups attached to an aromatic ring is 1. The van der Waals surface area contributed by atoms with Crippen LogP contribution in [0.15, 0.2) is 48.8 Å². The quantitative estimate of drug-likeness (QED) is 0.723. The highest BCUT2D eigenvalue weighted by atomic mass is 35.5. The third-order valence-corrected chi connectivity index (χ3v) is 3.39. The van der Waals surface area contributed by atoms with Crippen LogP contribution in [0.4, 0.5) is 11.4 Å². The van der Waals surface area contributed by atoms with Crippen LogP contribution in [0, 0.1) is 0 Å². The molecule has 0 radical (unpaired) electrons. The molecule has 1 aromatic carbocycles. The van der Waals surface area contributed by atoms with Gasteiger partial charge in [0.05, 0.1) is 16.9 Å². The molecule has 20 heavy (non-hydrogen) atoms. The van der Waals surface area contributed by atoms with Crippen LogP contribution in [0.5, 0.6) is 0 Å². The summed E-state index contributed by atoms with van der Waals surface area (Å²) < 4.78 is 0. The van der Waals surface area contributed by atoms with Crippen LogP contribution in [-0.2, 0) is 6.54 Å². The highest BCUT2D eigenvalue weighted by molar-refractivity contribution is 6.33. The van der Waals surface area contributed by atoms with Crippen LogP contribution >= 0.6 is 11.6 Å². The Morgan fingerprint density at radius 3 is 2.65 bits per heavy atom. The average Bonchev–Trinajstić information content (AvgIpc) is 2.49. The summed E-state index contributed by atoms with van der Waals surface area (Å²) in [6.45, 7) is 0.650. The number of nitrogens with zero attached hydrogens (tertiary/aromatic N) is 2. The Kier molecular flexibility index (Phi) is 3.39. The Morgan fingerprint density at radius 1 is 1.10 bits per heavy atom. The lowest BCUT2D eigenvalue weighted by atomic mass is 10.1. The molecule has 3 aromatic rings. The standard InChI is InChI=1S/C15H13ClN4/c16-15-13(17)14(11-3-1-2-4-12(11)20-15)19-9-10-5-7-18-8-6-10/h1-8H,9,17H2,(H,19,20). The van der Waals surface area contributed by atoms with Gasteiger partial charge in [0.25, 0.3) is 0 Å². The summed E-state index contributed by atoms with van der Waals surface area (Å²) in [6.07, 6.45) is 3.52. The maximum absolute atomic E-state index is 6.09. The lowest BCUT2D eigenvalue weighted by Crippen LogP contribution is -2.04. The van der Waals surface area contributed by atoms with E-state index in [1.165, 1.54) is 0 Å². The van der Waals surface area contributed by atoms with Gasteiger partial charge in [-0.3, -0.25) is 4.98 Å².